The van der Waals surface area contributed by atoms with E-state index in [-0.39, 0.29) is 5.91 Å². The van der Waals surface area contributed by atoms with E-state index in [1.54, 1.807) is 31.6 Å². The zero-order valence-electron chi connectivity index (χ0n) is 13.9. The zero-order valence-corrected chi connectivity index (χ0v) is 13.9. The Hall–Kier alpha value is -2.24. The first-order chi connectivity index (χ1) is 11.8. The Bertz CT molecular complexity index is 654. The number of nitrogens with zero attached hydrogens (tertiary/aromatic N) is 1. The van der Waals surface area contributed by atoms with E-state index in [1.165, 1.54) is 18.4 Å². The Morgan fingerprint density at radius 2 is 2.08 bits per heavy atom. The Kier molecular flexibility index (Phi) is 5.56. The summed E-state index contributed by atoms with van der Waals surface area (Å²) in [4.78, 5) is 16.0. The first kappa shape index (κ1) is 16.6. The number of amides is 1. The van der Waals surface area contributed by atoms with Gasteiger partial charge < -0.3 is 15.4 Å². The molecule has 1 fully saturated rings. The SMILES string of the molecule is COC[C@@H](NCc1ccc(NC(=O)c2cccnc2)cc1)C1CC1. The number of anilines is 1. The Labute approximate surface area is 142 Å². The third-order valence-electron chi connectivity index (χ3n) is 4.24. The molecule has 2 N–H and O–H groups in total. The molecule has 1 aromatic carbocycles. The molecule has 0 bridgehead atoms. The van der Waals surface area contributed by atoms with Crippen LogP contribution in [0.5, 0.6) is 0 Å². The number of ether oxygens (including phenoxy) is 1. The normalized spacial score (nSPS) is 15.0. The van der Waals surface area contributed by atoms with Gasteiger partial charge in [0, 0.05) is 37.8 Å². The van der Waals surface area contributed by atoms with Crippen LogP contribution in [0.1, 0.15) is 28.8 Å². The molecule has 1 aliphatic rings. The van der Waals surface area contributed by atoms with Crippen LogP contribution in [0.2, 0.25) is 0 Å². The van der Waals surface area contributed by atoms with Gasteiger partial charge in [0.05, 0.1) is 12.2 Å². The number of rotatable bonds is 8. The average Bonchev–Trinajstić information content (AvgIpc) is 3.45. The minimum Gasteiger partial charge on any atom is -0.383 e. The van der Waals surface area contributed by atoms with E-state index >= 15 is 0 Å². The van der Waals surface area contributed by atoms with E-state index in [1.807, 2.05) is 24.3 Å². The lowest BCUT2D eigenvalue weighted by Crippen LogP contribution is -2.34. The van der Waals surface area contributed by atoms with Gasteiger partial charge in [-0.25, -0.2) is 0 Å². The van der Waals surface area contributed by atoms with Crippen molar-refractivity contribution in [1.29, 1.82) is 0 Å². The van der Waals surface area contributed by atoms with Crippen molar-refractivity contribution in [2.24, 2.45) is 5.92 Å². The molecule has 0 aliphatic heterocycles. The highest BCUT2D eigenvalue weighted by atomic mass is 16.5. The predicted molar refractivity (Wildman–Crippen MR) is 93.9 cm³/mol. The second kappa shape index (κ2) is 8.04. The van der Waals surface area contributed by atoms with Crippen molar-refractivity contribution in [2.45, 2.75) is 25.4 Å². The maximum absolute atomic E-state index is 12.1. The minimum absolute atomic E-state index is 0.150. The third-order valence-corrected chi connectivity index (χ3v) is 4.24. The molecule has 1 atom stereocenters. The van der Waals surface area contributed by atoms with Gasteiger partial charge in [0.2, 0.25) is 0 Å². The first-order valence-corrected chi connectivity index (χ1v) is 8.29. The number of benzene rings is 1. The van der Waals surface area contributed by atoms with Crippen LogP contribution in [-0.4, -0.2) is 30.6 Å². The van der Waals surface area contributed by atoms with Crippen molar-refractivity contribution >= 4 is 11.6 Å². The second-order valence-corrected chi connectivity index (χ2v) is 6.17. The van der Waals surface area contributed by atoms with Crippen LogP contribution in [0.15, 0.2) is 48.8 Å². The van der Waals surface area contributed by atoms with Gasteiger partial charge in [0.25, 0.3) is 5.91 Å². The number of nitrogens with one attached hydrogen (secondary N) is 2. The van der Waals surface area contributed by atoms with Crippen molar-refractivity contribution in [2.75, 3.05) is 19.0 Å². The van der Waals surface area contributed by atoms with Crippen LogP contribution in [-0.2, 0) is 11.3 Å². The maximum atomic E-state index is 12.1. The molecule has 126 valence electrons. The number of carbonyl (C=O) groups is 1. The lowest BCUT2D eigenvalue weighted by Gasteiger charge is -2.17. The molecule has 0 spiro atoms. The predicted octanol–water partition coefficient (Wildman–Crippen LogP) is 2.85. The topological polar surface area (TPSA) is 63.2 Å². The van der Waals surface area contributed by atoms with E-state index in [0.717, 1.165) is 24.8 Å². The molecule has 1 saturated carbocycles. The molecule has 1 heterocycles. The summed E-state index contributed by atoms with van der Waals surface area (Å²) in [6.07, 6.45) is 5.79. The molecule has 0 saturated heterocycles. The van der Waals surface area contributed by atoms with Gasteiger partial charge >= 0.3 is 0 Å². The van der Waals surface area contributed by atoms with Crippen molar-refractivity contribution < 1.29 is 9.53 Å². The number of pyridine rings is 1. The fourth-order valence-electron chi connectivity index (χ4n) is 2.70. The van der Waals surface area contributed by atoms with Crippen LogP contribution in [0.3, 0.4) is 0 Å². The standard InChI is InChI=1S/C19H23N3O2/c1-24-13-18(15-6-7-15)21-11-14-4-8-17(9-5-14)22-19(23)16-3-2-10-20-12-16/h2-5,8-10,12,15,18,21H,6-7,11,13H2,1H3,(H,22,23)/t18-/m1/s1. The number of aromatic nitrogens is 1. The summed E-state index contributed by atoms with van der Waals surface area (Å²) in [5, 5.41) is 6.44. The fraction of sp³-hybridized carbons (Fsp3) is 0.368. The smallest absolute Gasteiger partial charge is 0.257 e. The maximum Gasteiger partial charge on any atom is 0.257 e. The lowest BCUT2D eigenvalue weighted by atomic mass is 10.1. The largest absolute Gasteiger partial charge is 0.383 e. The number of hydrogen-bond acceptors (Lipinski definition) is 4. The summed E-state index contributed by atoms with van der Waals surface area (Å²) in [5.74, 6) is 0.603. The molecule has 1 amide bonds. The molecule has 2 aromatic rings. The van der Waals surface area contributed by atoms with Crippen molar-refractivity contribution in [3.63, 3.8) is 0 Å². The van der Waals surface area contributed by atoms with Crippen molar-refractivity contribution in [1.82, 2.24) is 10.3 Å². The molecule has 5 heteroatoms. The van der Waals surface area contributed by atoms with E-state index in [2.05, 4.69) is 15.6 Å². The van der Waals surface area contributed by atoms with E-state index in [0.29, 0.717) is 11.6 Å². The highest BCUT2D eigenvalue weighted by Gasteiger charge is 2.30. The molecular formula is C19H23N3O2. The van der Waals surface area contributed by atoms with Crippen molar-refractivity contribution in [3.8, 4) is 0 Å². The summed E-state index contributed by atoms with van der Waals surface area (Å²) in [5.41, 5.74) is 2.52. The molecule has 1 aromatic heterocycles. The summed E-state index contributed by atoms with van der Waals surface area (Å²) in [6.45, 7) is 1.56. The second-order valence-electron chi connectivity index (χ2n) is 6.17. The van der Waals surface area contributed by atoms with Crippen LogP contribution in [0, 0.1) is 5.92 Å². The Morgan fingerprint density at radius 1 is 1.29 bits per heavy atom. The zero-order chi connectivity index (χ0) is 16.8. The number of hydrogen-bond donors (Lipinski definition) is 2. The Balaban J connectivity index is 1.52. The van der Waals surface area contributed by atoms with E-state index in [4.69, 9.17) is 4.74 Å². The monoisotopic (exact) mass is 325 g/mol. The summed E-state index contributed by atoms with van der Waals surface area (Å²) in [6, 6.07) is 11.8. The van der Waals surface area contributed by atoms with E-state index in [9.17, 15) is 4.79 Å². The van der Waals surface area contributed by atoms with Crippen molar-refractivity contribution in [3.05, 3.63) is 59.9 Å². The highest BCUT2D eigenvalue weighted by Crippen LogP contribution is 2.32. The Morgan fingerprint density at radius 3 is 2.71 bits per heavy atom. The first-order valence-electron chi connectivity index (χ1n) is 8.29. The summed E-state index contributed by atoms with van der Waals surface area (Å²) >= 11 is 0. The molecule has 1 aliphatic carbocycles. The third kappa shape index (κ3) is 4.63. The van der Waals surface area contributed by atoms with E-state index < -0.39 is 0 Å². The van der Waals surface area contributed by atoms with Crippen LogP contribution < -0.4 is 10.6 Å². The lowest BCUT2D eigenvalue weighted by molar-refractivity contribution is 0.102. The average molecular weight is 325 g/mol. The molecular weight excluding hydrogens is 302 g/mol. The van der Waals surface area contributed by atoms with Gasteiger partial charge in [0.1, 0.15) is 0 Å². The fourth-order valence-corrected chi connectivity index (χ4v) is 2.70. The van der Waals surface area contributed by atoms with Gasteiger partial charge in [-0.05, 0) is 48.6 Å². The number of carbonyl (C=O) groups excluding carboxylic acids is 1. The summed E-state index contributed by atoms with van der Waals surface area (Å²) < 4.78 is 5.28. The number of methoxy groups -OCH3 is 1. The molecule has 0 radical (unpaired) electrons. The molecule has 5 nitrogen and oxygen atoms in total. The van der Waals surface area contributed by atoms with Crippen LogP contribution in [0.4, 0.5) is 5.69 Å². The molecule has 24 heavy (non-hydrogen) atoms. The van der Waals surface area contributed by atoms with Gasteiger partial charge in [0.15, 0.2) is 0 Å². The van der Waals surface area contributed by atoms with Gasteiger partial charge in [-0.2, -0.15) is 0 Å². The quantitative estimate of drug-likeness (QED) is 0.783. The highest BCUT2D eigenvalue weighted by molar-refractivity contribution is 6.03. The van der Waals surface area contributed by atoms with Crippen LogP contribution >= 0.6 is 0 Å². The molecule has 3 rings (SSSR count). The minimum atomic E-state index is -0.150. The summed E-state index contributed by atoms with van der Waals surface area (Å²) in [7, 11) is 1.75. The van der Waals surface area contributed by atoms with Gasteiger partial charge in [-0.15, -0.1) is 0 Å². The molecule has 0 unspecified atom stereocenters. The van der Waals surface area contributed by atoms with Gasteiger partial charge in [-0.1, -0.05) is 12.1 Å². The van der Waals surface area contributed by atoms with Gasteiger partial charge in [-0.3, -0.25) is 9.78 Å². The van der Waals surface area contributed by atoms with Crippen LogP contribution in [0.25, 0.3) is 0 Å².